The van der Waals surface area contributed by atoms with Crippen LogP contribution in [-0.2, 0) is 17.9 Å². The predicted molar refractivity (Wildman–Crippen MR) is 122 cm³/mol. The lowest BCUT2D eigenvalue weighted by atomic mass is 9.45. The summed E-state index contributed by atoms with van der Waals surface area (Å²) in [4.78, 5) is 29.4. The summed E-state index contributed by atoms with van der Waals surface area (Å²) in [5, 5.41) is 10.6. The molecule has 2 heterocycles. The minimum Gasteiger partial charge on any atom is -0.490 e. The van der Waals surface area contributed by atoms with Gasteiger partial charge in [0.25, 0.3) is 0 Å². The van der Waals surface area contributed by atoms with Gasteiger partial charge in [0.05, 0.1) is 13.3 Å². The number of nitrogens with zero attached hydrogens (tertiary/aromatic N) is 3. The first-order valence-electron chi connectivity index (χ1n) is 11.3. The molecule has 3 fully saturated rings. The highest BCUT2D eigenvalue weighted by Crippen LogP contribution is 2.61. The molecular weight excluding hydrogens is 406 g/mol. The predicted octanol–water partition coefficient (Wildman–Crippen LogP) is 2.75. The quantitative estimate of drug-likeness (QED) is 0.688. The Hall–Kier alpha value is -2.90. The second kappa shape index (κ2) is 8.56. The van der Waals surface area contributed by atoms with E-state index in [0.717, 1.165) is 22.2 Å². The summed E-state index contributed by atoms with van der Waals surface area (Å²) >= 11 is 0. The summed E-state index contributed by atoms with van der Waals surface area (Å²) in [5.74, 6) is 1.80. The molecule has 0 radical (unpaired) electrons. The van der Waals surface area contributed by atoms with E-state index in [2.05, 4.69) is 41.5 Å². The molecule has 5 rings (SSSR count). The Balaban J connectivity index is 1.43. The second-order valence-corrected chi connectivity index (χ2v) is 9.84. The first-order chi connectivity index (χ1) is 15.2. The Bertz CT molecular complexity index is 1060. The van der Waals surface area contributed by atoms with E-state index in [4.69, 9.17) is 4.74 Å². The van der Waals surface area contributed by atoms with Gasteiger partial charge in [0.1, 0.15) is 12.2 Å². The lowest BCUT2D eigenvalue weighted by Crippen LogP contribution is -2.58. The van der Waals surface area contributed by atoms with Crippen molar-refractivity contribution in [2.75, 3.05) is 12.4 Å². The van der Waals surface area contributed by atoms with Crippen LogP contribution in [0, 0.1) is 30.1 Å². The van der Waals surface area contributed by atoms with Gasteiger partial charge in [-0.1, -0.05) is 20.8 Å². The van der Waals surface area contributed by atoms with Gasteiger partial charge in [-0.2, -0.15) is 5.10 Å². The van der Waals surface area contributed by atoms with Gasteiger partial charge in [0.2, 0.25) is 11.7 Å². The lowest BCUT2D eigenvalue weighted by Gasteiger charge is -2.62. The third-order valence-electron chi connectivity index (χ3n) is 7.80. The zero-order chi connectivity index (χ0) is 23.0. The highest BCUT2D eigenvalue weighted by atomic mass is 16.5. The molecule has 3 saturated carbocycles. The van der Waals surface area contributed by atoms with Gasteiger partial charge in [-0.3, -0.25) is 14.6 Å². The highest BCUT2D eigenvalue weighted by Gasteiger charge is 2.56. The topological polar surface area (TPSA) is 98.1 Å². The monoisotopic (exact) mass is 439 g/mol. The molecule has 0 aromatic carbocycles. The van der Waals surface area contributed by atoms with Crippen LogP contribution in [-0.4, -0.2) is 33.8 Å². The Kier molecular flexibility index (Phi) is 5.97. The van der Waals surface area contributed by atoms with E-state index in [0.29, 0.717) is 35.4 Å². The number of hydrogen-bond donors (Lipinski definition) is 2. The smallest absolute Gasteiger partial charge is 0.311 e. The SMILES string of the molecule is COc1c(N[C@@H]2C[C@@H]3CC([C@H]2C)C3(C)C)cnn(CC(=O)NCc2ccncc2C)c1=O. The van der Waals surface area contributed by atoms with Crippen molar-refractivity contribution in [3.05, 3.63) is 46.1 Å². The van der Waals surface area contributed by atoms with Gasteiger partial charge in [-0.05, 0) is 60.1 Å². The van der Waals surface area contributed by atoms with Crippen LogP contribution < -0.4 is 20.9 Å². The van der Waals surface area contributed by atoms with Crippen LogP contribution in [0.4, 0.5) is 5.69 Å². The zero-order valence-electron chi connectivity index (χ0n) is 19.5. The number of nitrogens with one attached hydrogen (secondary N) is 2. The Morgan fingerprint density at radius 3 is 2.75 bits per heavy atom. The van der Waals surface area contributed by atoms with E-state index >= 15 is 0 Å². The van der Waals surface area contributed by atoms with E-state index in [1.165, 1.54) is 13.5 Å². The maximum atomic E-state index is 12.9. The molecule has 2 bridgehead atoms. The fourth-order valence-electron chi connectivity index (χ4n) is 5.51. The fourth-order valence-corrected chi connectivity index (χ4v) is 5.51. The van der Waals surface area contributed by atoms with Crippen LogP contribution in [0.15, 0.2) is 29.5 Å². The fraction of sp³-hybridized carbons (Fsp3) is 0.583. The third-order valence-corrected chi connectivity index (χ3v) is 7.80. The second-order valence-electron chi connectivity index (χ2n) is 9.84. The van der Waals surface area contributed by atoms with E-state index in [1.807, 2.05) is 13.0 Å². The van der Waals surface area contributed by atoms with Gasteiger partial charge < -0.3 is 15.4 Å². The number of ether oxygens (including phenoxy) is 1. The van der Waals surface area contributed by atoms with Gasteiger partial charge in [0, 0.05) is 25.0 Å². The molecule has 0 spiro atoms. The van der Waals surface area contributed by atoms with Crippen molar-refractivity contribution < 1.29 is 9.53 Å². The summed E-state index contributed by atoms with van der Waals surface area (Å²) in [6.07, 6.45) is 7.40. The molecule has 8 nitrogen and oxygen atoms in total. The molecule has 2 aromatic rings. The molecule has 3 aliphatic rings. The molecule has 2 aromatic heterocycles. The van der Waals surface area contributed by atoms with Crippen molar-refractivity contribution in [2.24, 2.45) is 23.2 Å². The molecule has 0 saturated heterocycles. The van der Waals surface area contributed by atoms with E-state index in [1.54, 1.807) is 18.6 Å². The van der Waals surface area contributed by atoms with Gasteiger partial charge in [-0.25, -0.2) is 4.68 Å². The minimum absolute atomic E-state index is 0.169. The van der Waals surface area contributed by atoms with Crippen molar-refractivity contribution in [2.45, 2.75) is 59.7 Å². The Morgan fingerprint density at radius 1 is 1.31 bits per heavy atom. The normalized spacial score (nSPS) is 25.5. The number of rotatable bonds is 7. The van der Waals surface area contributed by atoms with E-state index in [-0.39, 0.29) is 24.2 Å². The largest absolute Gasteiger partial charge is 0.490 e. The molecule has 172 valence electrons. The average Bonchev–Trinajstić information content (AvgIpc) is 2.76. The van der Waals surface area contributed by atoms with Crippen molar-refractivity contribution in [3.8, 4) is 5.75 Å². The number of carbonyl (C=O) groups excluding carboxylic acids is 1. The summed E-state index contributed by atoms with van der Waals surface area (Å²) in [6, 6.07) is 2.14. The maximum absolute atomic E-state index is 12.9. The molecule has 1 unspecified atom stereocenters. The maximum Gasteiger partial charge on any atom is 0.311 e. The summed E-state index contributed by atoms with van der Waals surface area (Å²) < 4.78 is 6.57. The summed E-state index contributed by atoms with van der Waals surface area (Å²) in [6.45, 7) is 9.16. The van der Waals surface area contributed by atoms with Gasteiger partial charge >= 0.3 is 5.56 Å². The molecular formula is C24H33N5O3. The number of anilines is 1. The van der Waals surface area contributed by atoms with Gasteiger partial charge in [-0.15, -0.1) is 0 Å². The molecule has 8 heteroatoms. The number of pyridine rings is 1. The Labute approximate surface area is 188 Å². The van der Waals surface area contributed by atoms with Crippen molar-refractivity contribution in [1.29, 1.82) is 0 Å². The Morgan fingerprint density at radius 2 is 2.09 bits per heavy atom. The van der Waals surface area contributed by atoms with Crippen LogP contribution in [0.5, 0.6) is 5.75 Å². The number of amides is 1. The molecule has 2 N–H and O–H groups in total. The molecule has 3 aliphatic carbocycles. The van der Waals surface area contributed by atoms with Crippen LogP contribution in [0.25, 0.3) is 0 Å². The molecule has 1 amide bonds. The van der Waals surface area contributed by atoms with Gasteiger partial charge in [0.15, 0.2) is 0 Å². The standard InChI is InChI=1S/C24H33N5O3/c1-14-10-25-7-6-16(14)11-26-21(30)13-29-23(31)22(32-5)20(12-27-29)28-19-9-17-8-18(15(19)2)24(17,3)4/h6-7,10,12,15,17-19,28H,8-9,11,13H2,1-5H3,(H,26,30)/t15-,17+,18?,19-/m1/s1. The summed E-state index contributed by atoms with van der Waals surface area (Å²) in [7, 11) is 1.48. The first kappa shape index (κ1) is 22.3. The lowest BCUT2D eigenvalue weighted by molar-refractivity contribution is -0.122. The third kappa shape index (κ3) is 3.98. The molecule has 32 heavy (non-hydrogen) atoms. The average molecular weight is 440 g/mol. The van der Waals surface area contributed by atoms with E-state index < -0.39 is 5.56 Å². The van der Waals surface area contributed by atoms with Crippen molar-refractivity contribution in [3.63, 3.8) is 0 Å². The first-order valence-corrected chi connectivity index (χ1v) is 11.3. The molecule has 4 atom stereocenters. The molecule has 0 aliphatic heterocycles. The number of methoxy groups -OCH3 is 1. The number of aryl methyl sites for hydroxylation is 1. The number of hydrogen-bond acceptors (Lipinski definition) is 6. The van der Waals surface area contributed by atoms with Crippen LogP contribution in [0.2, 0.25) is 0 Å². The highest BCUT2D eigenvalue weighted by molar-refractivity contribution is 5.75. The van der Waals surface area contributed by atoms with Crippen molar-refractivity contribution in [1.82, 2.24) is 20.1 Å². The van der Waals surface area contributed by atoms with Crippen LogP contribution >= 0.6 is 0 Å². The number of fused-ring (bicyclic) bond motifs is 2. The van der Waals surface area contributed by atoms with Crippen LogP contribution in [0.3, 0.4) is 0 Å². The van der Waals surface area contributed by atoms with E-state index in [9.17, 15) is 9.59 Å². The number of carbonyl (C=O) groups is 1. The minimum atomic E-state index is -0.415. The zero-order valence-corrected chi connectivity index (χ0v) is 19.5. The summed E-state index contributed by atoms with van der Waals surface area (Å²) in [5.41, 5.74) is 2.55. The van der Waals surface area contributed by atoms with Crippen molar-refractivity contribution >= 4 is 11.6 Å². The number of aromatic nitrogens is 3. The van der Waals surface area contributed by atoms with Crippen LogP contribution in [0.1, 0.15) is 44.7 Å².